The Kier molecular flexibility index (Phi) is 5.69. The van der Waals surface area contributed by atoms with Gasteiger partial charge in [0.1, 0.15) is 4.90 Å². The number of halogens is 2. The highest BCUT2D eigenvalue weighted by atomic mass is 35.5. The number of hydrogen-bond acceptors (Lipinski definition) is 3. The van der Waals surface area contributed by atoms with Gasteiger partial charge in [0, 0.05) is 29.7 Å². The van der Waals surface area contributed by atoms with E-state index < -0.39 is 10.0 Å². The van der Waals surface area contributed by atoms with Gasteiger partial charge in [0.25, 0.3) is 0 Å². The zero-order valence-corrected chi connectivity index (χ0v) is 19.8. The van der Waals surface area contributed by atoms with Gasteiger partial charge in [-0.1, -0.05) is 23.2 Å². The molecule has 4 aliphatic carbocycles. The smallest absolute Gasteiger partial charge is 0.315 e. The maximum absolute atomic E-state index is 13.2. The first kappa shape index (κ1) is 21.8. The molecule has 5 aliphatic rings. The lowest BCUT2D eigenvalue weighted by Crippen LogP contribution is -2.62. The van der Waals surface area contributed by atoms with Crippen molar-refractivity contribution in [1.82, 2.24) is 14.9 Å². The molecular weight excluding hydrogens is 457 g/mol. The second kappa shape index (κ2) is 8.08. The maximum atomic E-state index is 13.2. The number of carbonyl (C=O) groups excluding carboxylic acids is 1. The Labute approximate surface area is 194 Å². The molecule has 31 heavy (non-hydrogen) atoms. The molecule has 1 aromatic rings. The van der Waals surface area contributed by atoms with Crippen LogP contribution < -0.4 is 10.6 Å². The third-order valence-electron chi connectivity index (χ3n) is 7.72. The topological polar surface area (TPSA) is 78.5 Å². The van der Waals surface area contributed by atoms with E-state index in [1.54, 1.807) is 0 Å². The van der Waals surface area contributed by atoms with E-state index in [2.05, 4.69) is 10.6 Å². The summed E-state index contributed by atoms with van der Waals surface area (Å²) in [6, 6.07) is 3.97. The van der Waals surface area contributed by atoms with E-state index in [1.807, 2.05) is 0 Å². The number of hydrogen-bond donors (Lipinski definition) is 2. The van der Waals surface area contributed by atoms with Gasteiger partial charge in [-0.05, 0) is 87.3 Å². The van der Waals surface area contributed by atoms with Crippen LogP contribution in [0, 0.1) is 17.8 Å². The molecule has 0 radical (unpaired) electrons. The van der Waals surface area contributed by atoms with Gasteiger partial charge in [0.2, 0.25) is 10.0 Å². The fraction of sp³-hybridized carbons (Fsp3) is 0.682. The van der Waals surface area contributed by atoms with Crippen LogP contribution in [0.1, 0.15) is 51.4 Å². The molecular formula is C22H29Cl2N3O3S. The molecule has 2 amide bonds. The van der Waals surface area contributed by atoms with Gasteiger partial charge in [-0.25, -0.2) is 13.2 Å². The Morgan fingerprint density at radius 1 is 1.10 bits per heavy atom. The summed E-state index contributed by atoms with van der Waals surface area (Å²) < 4.78 is 27.8. The fourth-order valence-corrected chi connectivity index (χ4v) is 9.34. The van der Waals surface area contributed by atoms with Gasteiger partial charge in [-0.2, -0.15) is 4.31 Å². The predicted octanol–water partition coefficient (Wildman–Crippen LogP) is 4.41. The van der Waals surface area contributed by atoms with Crippen LogP contribution >= 0.6 is 23.2 Å². The molecule has 1 aromatic carbocycles. The zero-order chi connectivity index (χ0) is 21.8. The van der Waals surface area contributed by atoms with E-state index in [4.69, 9.17) is 23.2 Å². The number of amides is 2. The summed E-state index contributed by atoms with van der Waals surface area (Å²) in [6.45, 7) is 0.715. The first-order valence-corrected chi connectivity index (χ1v) is 13.5. The average molecular weight is 486 g/mol. The van der Waals surface area contributed by atoms with E-state index >= 15 is 0 Å². The van der Waals surface area contributed by atoms with Crippen molar-refractivity contribution in [2.24, 2.45) is 17.8 Å². The summed E-state index contributed by atoms with van der Waals surface area (Å²) in [5.74, 6) is 2.27. The monoisotopic (exact) mass is 485 g/mol. The SMILES string of the molecule is O=C(NCC1CCCN1S(=O)(=O)c1ccc(Cl)cc1Cl)NC12CC3C[C@H](C1)C[C@@H](C3)C2. The summed E-state index contributed by atoms with van der Waals surface area (Å²) in [7, 11) is -3.76. The predicted molar refractivity (Wildman–Crippen MR) is 121 cm³/mol. The summed E-state index contributed by atoms with van der Waals surface area (Å²) in [6.07, 6.45) is 8.71. The van der Waals surface area contributed by atoms with Crippen LogP contribution in [-0.4, -0.2) is 43.4 Å². The van der Waals surface area contributed by atoms with Gasteiger partial charge in [0.15, 0.2) is 0 Å². The van der Waals surface area contributed by atoms with Gasteiger partial charge >= 0.3 is 6.03 Å². The molecule has 4 bridgehead atoms. The van der Waals surface area contributed by atoms with E-state index in [0.717, 1.165) is 43.4 Å². The van der Waals surface area contributed by atoms with Crippen LogP contribution in [0.4, 0.5) is 4.79 Å². The molecule has 0 aromatic heterocycles. The Bertz CT molecular complexity index is 949. The van der Waals surface area contributed by atoms with Crippen molar-refractivity contribution in [2.45, 2.75) is 67.8 Å². The van der Waals surface area contributed by atoms with E-state index in [9.17, 15) is 13.2 Å². The third kappa shape index (κ3) is 4.19. The number of nitrogens with zero attached hydrogens (tertiary/aromatic N) is 1. The summed E-state index contributed by atoms with van der Waals surface area (Å²) in [5.41, 5.74) is -0.0584. The van der Waals surface area contributed by atoms with Crippen LogP contribution in [-0.2, 0) is 10.0 Å². The lowest BCUT2D eigenvalue weighted by Gasteiger charge is -2.56. The van der Waals surface area contributed by atoms with Gasteiger partial charge in [-0.3, -0.25) is 0 Å². The Balaban J connectivity index is 1.22. The van der Waals surface area contributed by atoms with E-state index in [-0.39, 0.29) is 27.5 Å². The second-order valence-corrected chi connectivity index (χ2v) is 12.7. The molecule has 5 fully saturated rings. The van der Waals surface area contributed by atoms with Crippen molar-refractivity contribution < 1.29 is 13.2 Å². The maximum Gasteiger partial charge on any atom is 0.315 e. The minimum Gasteiger partial charge on any atom is -0.337 e. The molecule has 1 atom stereocenters. The lowest BCUT2D eigenvalue weighted by atomic mass is 9.53. The molecule has 2 N–H and O–H groups in total. The average Bonchev–Trinajstić information content (AvgIpc) is 3.14. The molecule has 6 nitrogen and oxygen atoms in total. The van der Waals surface area contributed by atoms with Crippen LogP contribution in [0.25, 0.3) is 0 Å². The first-order valence-electron chi connectivity index (χ1n) is 11.3. The molecule has 0 spiro atoms. The standard InChI is InChI=1S/C22H29Cl2N3O3S/c23-17-3-4-20(19(24)9-17)31(29,30)27-5-1-2-18(27)13-25-21(28)26-22-10-14-6-15(11-22)8-16(7-14)12-22/h3-4,9,14-16,18H,1-2,5-8,10-13H2,(H2,25,26,28)/t14-,15+,16?,18?,22?. The van der Waals surface area contributed by atoms with Crippen molar-refractivity contribution in [3.05, 3.63) is 28.2 Å². The number of benzene rings is 1. The molecule has 9 heteroatoms. The van der Waals surface area contributed by atoms with E-state index in [1.165, 1.54) is 41.8 Å². The van der Waals surface area contributed by atoms with Crippen LogP contribution in [0.2, 0.25) is 10.0 Å². The molecule has 1 aliphatic heterocycles. The van der Waals surface area contributed by atoms with Gasteiger partial charge in [0.05, 0.1) is 5.02 Å². The molecule has 6 rings (SSSR count). The van der Waals surface area contributed by atoms with Crippen molar-refractivity contribution in [3.63, 3.8) is 0 Å². The fourth-order valence-electron chi connectivity index (χ4n) is 6.90. The van der Waals surface area contributed by atoms with E-state index in [0.29, 0.717) is 24.5 Å². The van der Waals surface area contributed by atoms with Crippen LogP contribution in [0.3, 0.4) is 0 Å². The minimum atomic E-state index is -3.76. The normalized spacial score (nSPS) is 34.8. The molecule has 170 valence electrons. The quantitative estimate of drug-likeness (QED) is 0.647. The first-order chi connectivity index (χ1) is 14.7. The number of nitrogens with one attached hydrogen (secondary N) is 2. The number of rotatable bonds is 5. The highest BCUT2D eigenvalue weighted by Gasteiger charge is 2.51. The van der Waals surface area contributed by atoms with Crippen LogP contribution in [0.15, 0.2) is 23.1 Å². The molecule has 4 saturated carbocycles. The van der Waals surface area contributed by atoms with Crippen molar-refractivity contribution in [1.29, 1.82) is 0 Å². The molecule has 1 saturated heterocycles. The van der Waals surface area contributed by atoms with Crippen molar-refractivity contribution >= 4 is 39.3 Å². The van der Waals surface area contributed by atoms with Crippen LogP contribution in [0.5, 0.6) is 0 Å². The highest BCUT2D eigenvalue weighted by molar-refractivity contribution is 7.89. The molecule has 1 heterocycles. The summed E-state index contributed by atoms with van der Waals surface area (Å²) >= 11 is 12.1. The third-order valence-corrected chi connectivity index (χ3v) is 10.4. The van der Waals surface area contributed by atoms with Gasteiger partial charge in [-0.15, -0.1) is 0 Å². The summed E-state index contributed by atoms with van der Waals surface area (Å²) in [5, 5.41) is 6.77. The Morgan fingerprint density at radius 2 is 1.74 bits per heavy atom. The minimum absolute atomic E-state index is 0.0584. The summed E-state index contributed by atoms with van der Waals surface area (Å²) in [4.78, 5) is 12.8. The zero-order valence-electron chi connectivity index (χ0n) is 17.4. The van der Waals surface area contributed by atoms with Gasteiger partial charge < -0.3 is 10.6 Å². The molecule has 1 unspecified atom stereocenters. The second-order valence-electron chi connectivity index (χ2n) is 10.0. The van der Waals surface area contributed by atoms with Crippen molar-refractivity contribution in [3.8, 4) is 0 Å². The highest BCUT2D eigenvalue weighted by Crippen LogP contribution is 2.55. The number of urea groups is 1. The van der Waals surface area contributed by atoms with Crippen molar-refractivity contribution in [2.75, 3.05) is 13.1 Å². The largest absolute Gasteiger partial charge is 0.337 e. The number of sulfonamides is 1. The number of carbonyl (C=O) groups is 1. The lowest BCUT2D eigenvalue weighted by molar-refractivity contribution is -0.0135. The Hall–Kier alpha value is -1.02. The Morgan fingerprint density at radius 3 is 2.35 bits per heavy atom.